The molecule has 1 saturated heterocycles. The average Bonchev–Trinajstić information content (AvgIpc) is 3.69. The topological polar surface area (TPSA) is 148 Å². The lowest BCUT2D eigenvalue weighted by Gasteiger charge is -2.16. The maximum Gasteiger partial charge on any atom is 0.415 e. The van der Waals surface area contributed by atoms with Crippen molar-refractivity contribution in [1.29, 1.82) is 0 Å². The van der Waals surface area contributed by atoms with Crippen LogP contribution in [0.5, 0.6) is 11.5 Å². The normalized spacial score (nSPS) is 16.2. The largest absolute Gasteiger partial charge is 0.485 e. The van der Waals surface area contributed by atoms with Crippen LogP contribution in [-0.4, -0.2) is 62.1 Å². The number of amides is 1. The fourth-order valence-corrected chi connectivity index (χ4v) is 4.42. The van der Waals surface area contributed by atoms with Gasteiger partial charge in [0.25, 0.3) is 5.89 Å². The number of hydrogen-bond donors (Lipinski definition) is 2. The number of rotatable bonds is 9. The molecule has 3 aromatic carbocycles. The number of aromatic nitrogens is 2. The molecule has 0 spiro atoms. The Morgan fingerprint density at radius 3 is 2.28 bits per heavy atom. The predicted molar refractivity (Wildman–Crippen MR) is 158 cm³/mol. The van der Waals surface area contributed by atoms with E-state index in [9.17, 15) is 14.7 Å². The first-order chi connectivity index (χ1) is 20.9. The molecule has 0 unspecified atom stereocenters. The number of carboxylic acid groups (broad SMARTS) is 1. The maximum absolute atomic E-state index is 12.6. The fourth-order valence-electron chi connectivity index (χ4n) is 4.37. The molecule has 4 aromatic rings. The summed E-state index contributed by atoms with van der Waals surface area (Å²) in [6.07, 6.45) is -0.0296. The number of aliphatic carboxylic acids is 1. The number of para-hydroxylation sites is 1. The summed E-state index contributed by atoms with van der Waals surface area (Å²) in [6.45, 7) is 2.22. The molecule has 0 saturated carbocycles. The molecule has 0 radical (unpaired) electrons. The zero-order valence-electron chi connectivity index (χ0n) is 23.4. The third-order valence-electron chi connectivity index (χ3n) is 6.61. The molecule has 224 valence electrons. The van der Waals surface area contributed by atoms with Gasteiger partial charge in [0.2, 0.25) is 5.82 Å². The van der Waals surface area contributed by atoms with Crippen molar-refractivity contribution in [2.24, 2.45) is 17.0 Å². The Hall–Kier alpha value is -4.90. The number of halogens is 1. The van der Waals surface area contributed by atoms with Crippen LogP contribution in [0.4, 0.5) is 4.79 Å². The molecule has 5 rings (SSSR count). The Bertz CT molecular complexity index is 1500. The summed E-state index contributed by atoms with van der Waals surface area (Å²) in [5.74, 6) is 0.395. The lowest BCUT2D eigenvalue weighted by molar-refractivity contribution is -0.142. The van der Waals surface area contributed by atoms with Gasteiger partial charge in [-0.05, 0) is 61.2 Å². The number of hydrogen-bond acceptors (Lipinski definition) is 9. The van der Waals surface area contributed by atoms with Crippen molar-refractivity contribution >= 4 is 29.4 Å². The van der Waals surface area contributed by atoms with E-state index in [0.29, 0.717) is 47.8 Å². The number of ether oxygens (including phenoxy) is 2. The van der Waals surface area contributed by atoms with E-state index in [4.69, 9.17) is 30.8 Å². The molecule has 12 heteroatoms. The lowest BCUT2D eigenvalue weighted by Crippen LogP contribution is -2.32. The van der Waals surface area contributed by atoms with Crippen LogP contribution in [0, 0.1) is 11.8 Å². The van der Waals surface area contributed by atoms with Crippen LogP contribution in [-0.2, 0) is 17.8 Å². The summed E-state index contributed by atoms with van der Waals surface area (Å²) in [7, 11) is 0. The van der Waals surface area contributed by atoms with Gasteiger partial charge in [-0.2, -0.15) is 4.98 Å². The molecular weight excluding hydrogens is 576 g/mol. The number of carboxylic acids is 1. The van der Waals surface area contributed by atoms with Gasteiger partial charge < -0.3 is 29.2 Å². The molecule has 1 aliphatic heterocycles. The van der Waals surface area contributed by atoms with Gasteiger partial charge in [0.05, 0.1) is 17.5 Å². The lowest BCUT2D eigenvalue weighted by atomic mass is 9.90. The highest BCUT2D eigenvalue weighted by Crippen LogP contribution is 2.29. The molecule has 43 heavy (non-hydrogen) atoms. The number of carbonyl (C=O) groups is 2. The van der Waals surface area contributed by atoms with E-state index in [1.165, 1.54) is 4.90 Å². The van der Waals surface area contributed by atoms with Crippen LogP contribution in [0.25, 0.3) is 11.5 Å². The van der Waals surface area contributed by atoms with E-state index in [1.54, 1.807) is 31.2 Å². The molecule has 1 aromatic heterocycles. The molecular formula is C31H31ClN4O7. The van der Waals surface area contributed by atoms with Crippen molar-refractivity contribution in [1.82, 2.24) is 15.0 Å². The van der Waals surface area contributed by atoms with Crippen molar-refractivity contribution < 1.29 is 33.9 Å². The number of likely N-dealkylation sites (tertiary alicyclic amines) is 1. The Kier molecular flexibility index (Phi) is 11.1. The molecule has 1 amide bonds. The number of nitrogens with zero attached hydrogens (tertiary/aromatic N) is 4. The van der Waals surface area contributed by atoms with Gasteiger partial charge in [0, 0.05) is 18.7 Å². The highest BCUT2D eigenvalue weighted by atomic mass is 35.5. The third kappa shape index (κ3) is 9.04. The van der Waals surface area contributed by atoms with E-state index in [0.717, 1.165) is 11.1 Å². The minimum absolute atomic E-state index is 0.114. The van der Waals surface area contributed by atoms with Gasteiger partial charge in [-0.3, -0.25) is 4.79 Å². The number of oxime groups is 1. The number of alkyl halides is 1. The van der Waals surface area contributed by atoms with E-state index < -0.39 is 18.0 Å². The van der Waals surface area contributed by atoms with Crippen LogP contribution in [0.2, 0.25) is 0 Å². The molecule has 1 aliphatic rings. The van der Waals surface area contributed by atoms with Crippen molar-refractivity contribution in [2.75, 3.05) is 19.0 Å². The summed E-state index contributed by atoms with van der Waals surface area (Å²) in [5, 5.41) is 24.3. The highest BCUT2D eigenvalue weighted by molar-refractivity contribution is 6.28. The predicted octanol–water partition coefficient (Wildman–Crippen LogP) is 5.77. The van der Waals surface area contributed by atoms with Crippen LogP contribution in [0.3, 0.4) is 0 Å². The number of benzene rings is 3. The smallest absolute Gasteiger partial charge is 0.415 e. The summed E-state index contributed by atoms with van der Waals surface area (Å²) in [4.78, 5) is 30.3. The van der Waals surface area contributed by atoms with E-state index >= 15 is 0 Å². The Balaban J connectivity index is 0.000000641. The maximum atomic E-state index is 12.6. The average molecular weight is 607 g/mol. The second kappa shape index (κ2) is 15.4. The fraction of sp³-hybridized carbons (Fsp3) is 0.258. The minimum Gasteiger partial charge on any atom is -0.485 e. The first-order valence-electron chi connectivity index (χ1n) is 13.4. The Labute approximate surface area is 253 Å². The molecule has 2 N–H and O–H groups in total. The number of carbonyl (C=O) groups excluding carboxylic acids is 1. The van der Waals surface area contributed by atoms with E-state index in [2.05, 4.69) is 15.3 Å². The first-order valence-corrected chi connectivity index (χ1v) is 14.0. The molecule has 1 fully saturated rings. The second-order valence-electron chi connectivity index (χ2n) is 9.78. The Morgan fingerprint density at radius 2 is 1.67 bits per heavy atom. The molecule has 2 atom stereocenters. The zero-order valence-corrected chi connectivity index (χ0v) is 24.1. The molecule has 2 heterocycles. The molecule has 11 nitrogen and oxygen atoms in total. The van der Waals surface area contributed by atoms with Crippen LogP contribution in [0.15, 0.2) is 94.6 Å². The summed E-state index contributed by atoms with van der Waals surface area (Å²) in [6, 6.07) is 25.7. The van der Waals surface area contributed by atoms with Gasteiger partial charge >= 0.3 is 12.1 Å². The molecule has 0 aliphatic carbocycles. The van der Waals surface area contributed by atoms with Gasteiger partial charge in [-0.15, -0.1) is 11.6 Å². The van der Waals surface area contributed by atoms with Crippen LogP contribution in [0.1, 0.15) is 18.3 Å². The zero-order chi connectivity index (χ0) is 30.6. The van der Waals surface area contributed by atoms with Crippen LogP contribution >= 0.6 is 11.6 Å². The summed E-state index contributed by atoms with van der Waals surface area (Å²) >= 11 is 5.16. The third-order valence-corrected chi connectivity index (χ3v) is 6.99. The molecule has 0 bridgehead atoms. The van der Waals surface area contributed by atoms with Crippen molar-refractivity contribution in [3.63, 3.8) is 0 Å². The van der Waals surface area contributed by atoms with Gasteiger partial charge in [0.1, 0.15) is 11.5 Å². The van der Waals surface area contributed by atoms with Gasteiger partial charge in [-0.1, -0.05) is 58.8 Å². The van der Waals surface area contributed by atoms with Crippen molar-refractivity contribution in [3.05, 3.63) is 96.3 Å². The van der Waals surface area contributed by atoms with Gasteiger partial charge in [-0.25, -0.2) is 4.79 Å². The van der Waals surface area contributed by atoms with Crippen LogP contribution < -0.4 is 9.47 Å². The van der Waals surface area contributed by atoms with Crippen molar-refractivity contribution in [3.8, 4) is 23.0 Å². The quantitative estimate of drug-likeness (QED) is 0.105. The minimum atomic E-state index is -0.921. The second-order valence-corrected chi connectivity index (χ2v) is 10.0. The van der Waals surface area contributed by atoms with E-state index in [1.807, 2.05) is 60.7 Å². The van der Waals surface area contributed by atoms with Gasteiger partial charge in [0.15, 0.2) is 6.61 Å². The summed E-state index contributed by atoms with van der Waals surface area (Å²) < 4.78 is 16.5. The highest BCUT2D eigenvalue weighted by Gasteiger charge is 2.40. The van der Waals surface area contributed by atoms with Crippen molar-refractivity contribution in [2.45, 2.75) is 20.0 Å². The monoisotopic (exact) mass is 606 g/mol. The summed E-state index contributed by atoms with van der Waals surface area (Å²) in [5.41, 5.74) is 2.33. The van der Waals surface area contributed by atoms with E-state index in [-0.39, 0.29) is 19.1 Å². The first kappa shape index (κ1) is 31.0. The Morgan fingerprint density at radius 1 is 1.00 bits per heavy atom. The standard InChI is InChI=1S/C28H25N3O6.C3H6ClNO/c32-27(33)24-17-31(28(34)36-23-9-5-2-6-10-23)16-21(24)15-19-11-13-22(14-12-19)35-18-25-29-26(37-30-25)20-7-3-1-4-8-20;1-3(2-4)5-6/h1-14,21,24H,15-18H2,(H,32,33);6H,2H2,1H3/b;5-3+/t21-,24+;/m1./s1. The SMILES string of the molecule is C/C(CCl)=N\O.O=C(O)[C@H]1CN(C(=O)Oc2ccccc2)C[C@H]1Cc1ccc(OCc2noc(-c3ccccc3)n2)cc1.